The summed E-state index contributed by atoms with van der Waals surface area (Å²) in [5, 5.41) is 25.5. The van der Waals surface area contributed by atoms with Crippen molar-refractivity contribution in [2.75, 3.05) is 5.32 Å². The fourth-order valence-corrected chi connectivity index (χ4v) is 1.61. The topological polar surface area (TPSA) is 127 Å². The summed E-state index contributed by atoms with van der Waals surface area (Å²) in [7, 11) is 0. The monoisotopic (exact) mass is 290 g/mol. The van der Waals surface area contributed by atoms with Gasteiger partial charge in [0.2, 0.25) is 5.91 Å². The van der Waals surface area contributed by atoms with E-state index in [2.05, 4.69) is 10.4 Å². The third-order valence-corrected chi connectivity index (χ3v) is 2.53. The van der Waals surface area contributed by atoms with Crippen LogP contribution in [0.2, 0.25) is 0 Å². The first-order chi connectivity index (χ1) is 9.95. The molecule has 2 aromatic rings. The molecule has 0 unspecified atom stereocenters. The number of amides is 1. The number of nitrogens with zero attached hydrogens (tertiary/aromatic N) is 3. The molecule has 0 radical (unpaired) electrons. The second kappa shape index (κ2) is 5.82. The molecule has 1 amide bonds. The van der Waals surface area contributed by atoms with Gasteiger partial charge in [-0.2, -0.15) is 5.10 Å². The van der Waals surface area contributed by atoms with Crippen molar-refractivity contribution in [1.29, 1.82) is 0 Å². The van der Waals surface area contributed by atoms with Crippen LogP contribution in [0.5, 0.6) is 0 Å². The van der Waals surface area contributed by atoms with Crippen molar-refractivity contribution in [3.05, 3.63) is 52.3 Å². The lowest BCUT2D eigenvalue weighted by Gasteiger charge is -2.05. The van der Waals surface area contributed by atoms with E-state index in [1.54, 1.807) is 0 Å². The molecule has 2 N–H and O–H groups in total. The van der Waals surface area contributed by atoms with Gasteiger partial charge in [0.05, 0.1) is 10.5 Å². The van der Waals surface area contributed by atoms with E-state index in [-0.39, 0.29) is 17.8 Å². The number of hydrogen-bond acceptors (Lipinski definition) is 5. The molecule has 21 heavy (non-hydrogen) atoms. The zero-order chi connectivity index (χ0) is 15.4. The van der Waals surface area contributed by atoms with Crippen molar-refractivity contribution >= 4 is 23.3 Å². The van der Waals surface area contributed by atoms with E-state index >= 15 is 0 Å². The van der Waals surface area contributed by atoms with Gasteiger partial charge in [-0.25, -0.2) is 4.79 Å². The minimum Gasteiger partial charge on any atom is -0.478 e. The third-order valence-electron chi connectivity index (χ3n) is 2.53. The molecule has 1 aromatic carbocycles. The lowest BCUT2D eigenvalue weighted by atomic mass is 10.2. The van der Waals surface area contributed by atoms with Gasteiger partial charge in [0.15, 0.2) is 0 Å². The van der Waals surface area contributed by atoms with Crippen molar-refractivity contribution < 1.29 is 19.6 Å². The third kappa shape index (κ3) is 3.62. The molecule has 108 valence electrons. The Balaban J connectivity index is 2.02. The lowest BCUT2D eigenvalue weighted by molar-refractivity contribution is -0.385. The van der Waals surface area contributed by atoms with Crippen molar-refractivity contribution in [2.45, 2.75) is 6.54 Å². The Morgan fingerprint density at radius 2 is 2.19 bits per heavy atom. The summed E-state index contributed by atoms with van der Waals surface area (Å²) in [5.74, 6) is -1.58. The molecule has 0 aliphatic rings. The quantitative estimate of drug-likeness (QED) is 0.627. The first-order valence-electron chi connectivity index (χ1n) is 5.76. The maximum atomic E-state index is 11.8. The first-order valence-corrected chi connectivity index (χ1v) is 5.76. The SMILES string of the molecule is O=C(Cn1cc([N+](=O)[O-])cn1)Nc1cccc(C(=O)O)c1. The van der Waals surface area contributed by atoms with Crippen LogP contribution in [0.3, 0.4) is 0 Å². The number of rotatable bonds is 5. The lowest BCUT2D eigenvalue weighted by Crippen LogP contribution is -2.19. The molecular weight excluding hydrogens is 280 g/mol. The van der Waals surface area contributed by atoms with Crippen LogP contribution in [0, 0.1) is 10.1 Å². The number of nitrogens with one attached hydrogen (secondary N) is 1. The summed E-state index contributed by atoms with van der Waals surface area (Å²) in [4.78, 5) is 32.4. The normalized spacial score (nSPS) is 10.1. The van der Waals surface area contributed by atoms with Gasteiger partial charge in [-0.15, -0.1) is 0 Å². The van der Waals surface area contributed by atoms with Crippen LogP contribution < -0.4 is 5.32 Å². The maximum absolute atomic E-state index is 11.8. The summed E-state index contributed by atoms with van der Waals surface area (Å²) < 4.78 is 1.12. The molecule has 1 heterocycles. The zero-order valence-corrected chi connectivity index (χ0v) is 10.6. The molecule has 9 nitrogen and oxygen atoms in total. The molecule has 2 rings (SSSR count). The Morgan fingerprint density at radius 1 is 1.43 bits per heavy atom. The van der Waals surface area contributed by atoms with Gasteiger partial charge in [-0.1, -0.05) is 6.07 Å². The number of aromatic nitrogens is 2. The minimum absolute atomic E-state index is 0.0440. The summed E-state index contributed by atoms with van der Waals surface area (Å²) >= 11 is 0. The predicted molar refractivity (Wildman–Crippen MR) is 70.9 cm³/mol. The number of anilines is 1. The van der Waals surface area contributed by atoms with Crippen molar-refractivity contribution in [1.82, 2.24) is 9.78 Å². The highest BCUT2D eigenvalue weighted by Gasteiger charge is 2.11. The van der Waals surface area contributed by atoms with Crippen LogP contribution in [-0.2, 0) is 11.3 Å². The minimum atomic E-state index is -1.10. The number of carbonyl (C=O) groups excluding carboxylic acids is 1. The van der Waals surface area contributed by atoms with Crippen LogP contribution in [0.25, 0.3) is 0 Å². The number of carboxylic acids is 1. The highest BCUT2D eigenvalue weighted by molar-refractivity contribution is 5.93. The van der Waals surface area contributed by atoms with E-state index in [0.29, 0.717) is 5.69 Å². The van der Waals surface area contributed by atoms with Gasteiger partial charge in [-0.05, 0) is 18.2 Å². The molecule has 0 aliphatic heterocycles. The Hall–Kier alpha value is -3.23. The van der Waals surface area contributed by atoms with E-state index in [9.17, 15) is 19.7 Å². The Morgan fingerprint density at radius 3 is 2.81 bits per heavy atom. The van der Waals surface area contributed by atoms with Gasteiger partial charge in [0.1, 0.15) is 18.9 Å². The average molecular weight is 290 g/mol. The summed E-state index contributed by atoms with van der Waals surface area (Å²) in [6.07, 6.45) is 2.17. The Kier molecular flexibility index (Phi) is 3.93. The van der Waals surface area contributed by atoms with E-state index in [1.807, 2.05) is 0 Å². The number of hydrogen-bond donors (Lipinski definition) is 2. The van der Waals surface area contributed by atoms with E-state index < -0.39 is 16.8 Å². The maximum Gasteiger partial charge on any atom is 0.335 e. The average Bonchev–Trinajstić information content (AvgIpc) is 2.87. The summed E-state index contributed by atoms with van der Waals surface area (Å²) in [5.41, 5.74) is 0.153. The van der Waals surface area contributed by atoms with Crippen LogP contribution in [-0.4, -0.2) is 31.7 Å². The molecule has 0 atom stereocenters. The van der Waals surface area contributed by atoms with Gasteiger partial charge in [0.25, 0.3) is 0 Å². The fourth-order valence-electron chi connectivity index (χ4n) is 1.61. The van der Waals surface area contributed by atoms with Crippen LogP contribution in [0.4, 0.5) is 11.4 Å². The van der Waals surface area contributed by atoms with E-state index in [4.69, 9.17) is 5.11 Å². The smallest absolute Gasteiger partial charge is 0.335 e. The standard InChI is InChI=1S/C12H10N4O5/c17-11(7-15-6-10(5-13-15)16(20)21)14-9-3-1-2-8(4-9)12(18)19/h1-6H,7H2,(H,14,17)(H,18,19). The van der Waals surface area contributed by atoms with Gasteiger partial charge in [-0.3, -0.25) is 19.6 Å². The molecule has 0 saturated carbocycles. The zero-order valence-electron chi connectivity index (χ0n) is 10.6. The second-order valence-electron chi connectivity index (χ2n) is 4.09. The fraction of sp³-hybridized carbons (Fsp3) is 0.0833. The highest BCUT2D eigenvalue weighted by Crippen LogP contribution is 2.11. The van der Waals surface area contributed by atoms with Gasteiger partial charge in [0, 0.05) is 5.69 Å². The van der Waals surface area contributed by atoms with Crippen molar-refractivity contribution in [3.8, 4) is 0 Å². The van der Waals surface area contributed by atoms with Crippen molar-refractivity contribution in [2.24, 2.45) is 0 Å². The number of aromatic carboxylic acids is 1. The second-order valence-corrected chi connectivity index (χ2v) is 4.09. The van der Waals surface area contributed by atoms with Crippen LogP contribution >= 0.6 is 0 Å². The molecule has 0 saturated heterocycles. The Labute approximate surface area is 118 Å². The molecule has 9 heteroatoms. The Bertz CT molecular complexity index is 709. The largest absolute Gasteiger partial charge is 0.478 e. The van der Waals surface area contributed by atoms with E-state index in [0.717, 1.165) is 17.1 Å². The number of nitro groups is 1. The van der Waals surface area contributed by atoms with Crippen LogP contribution in [0.1, 0.15) is 10.4 Å². The predicted octanol–water partition coefficient (Wildman–Crippen LogP) is 1.13. The molecule has 0 bridgehead atoms. The molecule has 0 fully saturated rings. The number of carboxylic acid groups (broad SMARTS) is 1. The molecule has 1 aromatic heterocycles. The molecule has 0 aliphatic carbocycles. The summed E-state index contributed by atoms with van der Waals surface area (Å²) in [6, 6.07) is 5.74. The highest BCUT2D eigenvalue weighted by atomic mass is 16.6. The number of benzene rings is 1. The van der Waals surface area contributed by atoms with Gasteiger partial charge >= 0.3 is 11.7 Å². The van der Waals surface area contributed by atoms with E-state index in [1.165, 1.54) is 24.3 Å². The van der Waals surface area contributed by atoms with Crippen LogP contribution in [0.15, 0.2) is 36.7 Å². The molecule has 0 spiro atoms. The van der Waals surface area contributed by atoms with Crippen molar-refractivity contribution in [3.63, 3.8) is 0 Å². The molecular formula is C12H10N4O5. The first kappa shape index (κ1) is 14.2. The van der Waals surface area contributed by atoms with Gasteiger partial charge < -0.3 is 10.4 Å². The summed E-state index contributed by atoms with van der Waals surface area (Å²) in [6.45, 7) is -0.217. The number of carbonyl (C=O) groups is 2.